The summed E-state index contributed by atoms with van der Waals surface area (Å²) in [5.74, 6) is -0.238. The number of nitrogens with zero attached hydrogens (tertiary/aromatic N) is 2. The van der Waals surface area contributed by atoms with E-state index >= 15 is 0 Å². The highest BCUT2D eigenvalue weighted by Crippen LogP contribution is 2.24. The summed E-state index contributed by atoms with van der Waals surface area (Å²) in [6.45, 7) is 5.96. The Labute approximate surface area is 170 Å². The number of nitrogens with one attached hydrogen (secondary N) is 1. The van der Waals surface area contributed by atoms with E-state index in [-0.39, 0.29) is 11.3 Å². The number of rotatable bonds is 5. The van der Waals surface area contributed by atoms with Crippen LogP contribution in [0.5, 0.6) is 5.75 Å². The SMILES string of the molecule is CCc1ccc(NC(=O)/C(C#N)=C/c2cc(C)n(-c3ccc(O)cc3)c2C)cc1. The molecule has 0 fully saturated rings. The summed E-state index contributed by atoms with van der Waals surface area (Å²) in [6, 6.07) is 18.4. The molecule has 0 atom stereocenters. The number of aryl methyl sites for hydroxylation is 2. The average Bonchev–Trinajstić information content (AvgIpc) is 3.00. The van der Waals surface area contributed by atoms with E-state index in [4.69, 9.17) is 0 Å². The van der Waals surface area contributed by atoms with Crippen LogP contribution in [0.4, 0.5) is 5.69 Å². The van der Waals surface area contributed by atoms with E-state index in [1.807, 2.05) is 66.9 Å². The van der Waals surface area contributed by atoms with E-state index in [0.29, 0.717) is 5.69 Å². The van der Waals surface area contributed by atoms with Crippen LogP contribution in [0.25, 0.3) is 11.8 Å². The van der Waals surface area contributed by atoms with Gasteiger partial charge in [0.15, 0.2) is 0 Å². The molecule has 2 aromatic carbocycles. The first-order valence-electron chi connectivity index (χ1n) is 9.43. The van der Waals surface area contributed by atoms with Crippen molar-refractivity contribution in [1.29, 1.82) is 5.26 Å². The summed E-state index contributed by atoms with van der Waals surface area (Å²) in [4.78, 5) is 12.6. The molecule has 0 aliphatic heterocycles. The van der Waals surface area contributed by atoms with Crippen LogP contribution in [-0.2, 0) is 11.2 Å². The van der Waals surface area contributed by atoms with Gasteiger partial charge in [-0.15, -0.1) is 0 Å². The number of hydrogen-bond acceptors (Lipinski definition) is 3. The Morgan fingerprint density at radius 2 is 1.79 bits per heavy atom. The van der Waals surface area contributed by atoms with Crippen LogP contribution < -0.4 is 5.32 Å². The van der Waals surface area contributed by atoms with Crippen LogP contribution >= 0.6 is 0 Å². The van der Waals surface area contributed by atoms with Crippen LogP contribution in [0.2, 0.25) is 0 Å². The maximum Gasteiger partial charge on any atom is 0.266 e. The first-order chi connectivity index (χ1) is 13.9. The molecule has 5 heteroatoms. The number of phenolic OH excluding ortho intramolecular Hbond substituents is 1. The number of hydrogen-bond donors (Lipinski definition) is 2. The third-order valence-electron chi connectivity index (χ3n) is 4.86. The molecule has 0 saturated heterocycles. The molecule has 0 unspecified atom stereocenters. The number of aromatic nitrogens is 1. The van der Waals surface area contributed by atoms with Crippen LogP contribution in [0.1, 0.15) is 29.4 Å². The molecule has 29 heavy (non-hydrogen) atoms. The quantitative estimate of drug-likeness (QED) is 0.484. The highest BCUT2D eigenvalue weighted by Gasteiger charge is 2.14. The lowest BCUT2D eigenvalue weighted by Gasteiger charge is -2.09. The minimum absolute atomic E-state index is 0.0375. The van der Waals surface area contributed by atoms with Crippen molar-refractivity contribution in [2.75, 3.05) is 5.32 Å². The molecule has 1 aromatic heterocycles. The summed E-state index contributed by atoms with van der Waals surface area (Å²) in [6.07, 6.45) is 2.53. The third kappa shape index (κ3) is 4.39. The topological polar surface area (TPSA) is 78.0 Å². The number of anilines is 1. The van der Waals surface area contributed by atoms with E-state index in [1.54, 1.807) is 18.2 Å². The Morgan fingerprint density at radius 3 is 2.38 bits per heavy atom. The second kappa shape index (κ2) is 8.49. The number of carbonyl (C=O) groups is 1. The Morgan fingerprint density at radius 1 is 1.14 bits per heavy atom. The molecule has 146 valence electrons. The fourth-order valence-corrected chi connectivity index (χ4v) is 3.26. The number of carbonyl (C=O) groups excluding carboxylic acids is 1. The normalized spacial score (nSPS) is 11.2. The molecule has 0 radical (unpaired) electrons. The monoisotopic (exact) mass is 385 g/mol. The molecule has 0 saturated carbocycles. The molecule has 3 rings (SSSR count). The van der Waals surface area contributed by atoms with E-state index < -0.39 is 5.91 Å². The van der Waals surface area contributed by atoms with Crippen molar-refractivity contribution in [1.82, 2.24) is 4.57 Å². The lowest BCUT2D eigenvalue weighted by Crippen LogP contribution is -2.13. The molecule has 1 heterocycles. The lowest BCUT2D eigenvalue weighted by molar-refractivity contribution is -0.112. The summed E-state index contributed by atoms with van der Waals surface area (Å²) >= 11 is 0. The van der Waals surface area contributed by atoms with Gasteiger partial charge in [0, 0.05) is 22.8 Å². The van der Waals surface area contributed by atoms with Crippen molar-refractivity contribution < 1.29 is 9.90 Å². The van der Waals surface area contributed by atoms with E-state index in [2.05, 4.69) is 12.2 Å². The third-order valence-corrected chi connectivity index (χ3v) is 4.86. The number of amides is 1. The molecular formula is C24H23N3O2. The highest BCUT2D eigenvalue weighted by molar-refractivity contribution is 6.09. The van der Waals surface area contributed by atoms with Gasteiger partial charge in [0.05, 0.1) is 0 Å². The van der Waals surface area contributed by atoms with Gasteiger partial charge in [-0.1, -0.05) is 19.1 Å². The first-order valence-corrected chi connectivity index (χ1v) is 9.43. The maximum absolute atomic E-state index is 12.6. The maximum atomic E-state index is 12.6. The van der Waals surface area contributed by atoms with E-state index in [1.165, 1.54) is 5.56 Å². The molecule has 0 bridgehead atoms. The second-order valence-electron chi connectivity index (χ2n) is 6.85. The van der Waals surface area contributed by atoms with Crippen molar-refractivity contribution in [2.24, 2.45) is 0 Å². The Bertz CT molecular complexity index is 1100. The summed E-state index contributed by atoms with van der Waals surface area (Å²) in [7, 11) is 0. The molecule has 0 aliphatic carbocycles. The van der Waals surface area contributed by atoms with Gasteiger partial charge < -0.3 is 15.0 Å². The predicted octanol–water partition coefficient (Wildman–Crippen LogP) is 4.91. The first kappa shape index (κ1) is 20.0. The number of phenols is 1. The fourth-order valence-electron chi connectivity index (χ4n) is 3.26. The highest BCUT2D eigenvalue weighted by atomic mass is 16.3. The Kier molecular flexibility index (Phi) is 5.85. The van der Waals surface area contributed by atoms with Gasteiger partial charge in [-0.05, 0) is 79.9 Å². The second-order valence-corrected chi connectivity index (χ2v) is 6.85. The van der Waals surface area contributed by atoms with Gasteiger partial charge >= 0.3 is 0 Å². The van der Waals surface area contributed by atoms with Crippen molar-refractivity contribution in [3.63, 3.8) is 0 Å². The van der Waals surface area contributed by atoms with E-state index in [9.17, 15) is 15.2 Å². The number of aromatic hydroxyl groups is 1. The fraction of sp³-hybridized carbons (Fsp3) is 0.167. The number of nitriles is 1. The van der Waals surface area contributed by atoms with E-state index in [0.717, 1.165) is 29.1 Å². The van der Waals surface area contributed by atoms with Gasteiger partial charge in [-0.3, -0.25) is 4.79 Å². The molecular weight excluding hydrogens is 362 g/mol. The molecule has 0 aliphatic rings. The molecule has 0 spiro atoms. The minimum Gasteiger partial charge on any atom is -0.508 e. The summed E-state index contributed by atoms with van der Waals surface area (Å²) in [5, 5.41) is 21.8. The minimum atomic E-state index is -0.439. The zero-order valence-corrected chi connectivity index (χ0v) is 16.7. The zero-order valence-electron chi connectivity index (χ0n) is 16.7. The van der Waals surface area contributed by atoms with Crippen LogP contribution in [0, 0.1) is 25.2 Å². The van der Waals surface area contributed by atoms with Crippen molar-refractivity contribution in [3.8, 4) is 17.5 Å². The molecule has 2 N–H and O–H groups in total. The van der Waals surface area contributed by atoms with Gasteiger partial charge in [0.1, 0.15) is 17.4 Å². The molecule has 3 aromatic rings. The summed E-state index contributed by atoms with van der Waals surface area (Å²) < 4.78 is 2.02. The number of benzene rings is 2. The van der Waals surface area contributed by atoms with Crippen LogP contribution in [0.3, 0.4) is 0 Å². The Balaban J connectivity index is 1.88. The van der Waals surface area contributed by atoms with Gasteiger partial charge in [0.2, 0.25) is 0 Å². The van der Waals surface area contributed by atoms with Crippen molar-refractivity contribution in [3.05, 3.63) is 82.7 Å². The van der Waals surface area contributed by atoms with Gasteiger partial charge in [-0.25, -0.2) is 0 Å². The molecule has 5 nitrogen and oxygen atoms in total. The van der Waals surface area contributed by atoms with Crippen LogP contribution in [-0.4, -0.2) is 15.6 Å². The van der Waals surface area contributed by atoms with Gasteiger partial charge in [0.25, 0.3) is 5.91 Å². The zero-order chi connectivity index (χ0) is 21.0. The predicted molar refractivity (Wildman–Crippen MR) is 115 cm³/mol. The Hall–Kier alpha value is -3.78. The molecule has 1 amide bonds. The lowest BCUT2D eigenvalue weighted by atomic mass is 10.1. The average molecular weight is 385 g/mol. The van der Waals surface area contributed by atoms with Gasteiger partial charge in [-0.2, -0.15) is 5.26 Å². The smallest absolute Gasteiger partial charge is 0.266 e. The largest absolute Gasteiger partial charge is 0.508 e. The van der Waals surface area contributed by atoms with Crippen molar-refractivity contribution in [2.45, 2.75) is 27.2 Å². The summed E-state index contributed by atoms with van der Waals surface area (Å²) in [5.41, 5.74) is 5.44. The van der Waals surface area contributed by atoms with Crippen molar-refractivity contribution >= 4 is 17.7 Å². The van der Waals surface area contributed by atoms with Crippen LogP contribution in [0.15, 0.2) is 60.2 Å². The standard InChI is InChI=1S/C24H23N3O2/c1-4-18-5-7-21(8-6-18)26-24(29)20(15-25)14-19-13-16(2)27(17(19)3)22-9-11-23(28)12-10-22/h5-14,28H,4H2,1-3H3,(H,26,29)/b20-14+.